The van der Waals surface area contributed by atoms with E-state index in [2.05, 4.69) is 42.2 Å². The lowest BCUT2D eigenvalue weighted by molar-refractivity contribution is -0.0458. The number of nitrogens with two attached hydrogens (primary N) is 2. The van der Waals surface area contributed by atoms with Gasteiger partial charge in [0.1, 0.15) is 48.4 Å². The molecule has 7 atom stereocenters. The molecule has 2 saturated heterocycles. The van der Waals surface area contributed by atoms with E-state index in [0.29, 0.717) is 28.7 Å². The van der Waals surface area contributed by atoms with Crippen LogP contribution >= 0.6 is 17.9 Å². The molecule has 6 rings (SSSR count). The Morgan fingerprint density at radius 2 is 1.51 bits per heavy atom. The lowest BCUT2D eigenvalue weighted by Crippen LogP contribution is -2.28. The molecular formula is C20H25N10O6PS2. The van der Waals surface area contributed by atoms with Gasteiger partial charge >= 0.3 is 0 Å². The second-order valence-corrected chi connectivity index (χ2v) is 14.3. The van der Waals surface area contributed by atoms with Gasteiger partial charge in [-0.15, -0.1) is 0 Å². The van der Waals surface area contributed by atoms with Gasteiger partial charge in [0, 0.05) is 12.8 Å². The maximum atomic E-state index is 10.6. The summed E-state index contributed by atoms with van der Waals surface area (Å²) in [6.07, 6.45) is 2.42. The summed E-state index contributed by atoms with van der Waals surface area (Å²) >= 11 is 10.00. The average molecular weight is 597 g/mol. The lowest BCUT2D eigenvalue weighted by atomic mass is 10.2. The van der Waals surface area contributed by atoms with Gasteiger partial charge in [-0.3, -0.25) is 9.13 Å². The molecule has 0 saturated carbocycles. The quantitative estimate of drug-likeness (QED) is 0.137. The molecule has 2 fully saturated rings. The van der Waals surface area contributed by atoms with Crippen LogP contribution in [-0.4, -0.2) is 86.9 Å². The minimum atomic E-state index is -3.14. The molecule has 16 nitrogen and oxygen atoms in total. The summed E-state index contributed by atoms with van der Waals surface area (Å²) in [7, 11) is 0. The number of rotatable bonds is 8. The fourth-order valence-electron chi connectivity index (χ4n) is 4.71. The molecule has 0 radical (unpaired) electrons. The Hall–Kier alpha value is -2.54. The van der Waals surface area contributed by atoms with E-state index in [0.717, 1.165) is 0 Å². The normalized spacial score (nSPS) is 28.9. The first-order valence-corrected chi connectivity index (χ1v) is 15.6. The summed E-state index contributed by atoms with van der Waals surface area (Å²) in [5.41, 5.74) is 10.5. The highest BCUT2D eigenvalue weighted by Crippen LogP contribution is 2.57. The van der Waals surface area contributed by atoms with E-state index in [1.54, 1.807) is 15.5 Å². The van der Waals surface area contributed by atoms with Crippen LogP contribution in [0.1, 0.15) is 25.3 Å². The number of anilines is 2. The SMILES string of the molecule is Nc1ncnc2c1ncn2[C@H]1C[C@H](OP(=S)(S)OC[C@H]2O[C@@H](n3cnc4c(N)ncnc43)C[C@@H]2O)[C@@H](CO)O1. The molecular weight excluding hydrogens is 571 g/mol. The van der Waals surface area contributed by atoms with Gasteiger partial charge in [0.15, 0.2) is 22.9 Å². The number of imidazole rings is 2. The van der Waals surface area contributed by atoms with Gasteiger partial charge in [-0.25, -0.2) is 29.9 Å². The largest absolute Gasteiger partial charge is 0.394 e. The summed E-state index contributed by atoms with van der Waals surface area (Å²) in [5.74, 6) is 0.503. The van der Waals surface area contributed by atoms with Crippen LogP contribution in [0.15, 0.2) is 25.3 Å². The maximum absolute atomic E-state index is 10.6. The zero-order chi connectivity index (χ0) is 27.3. The second kappa shape index (κ2) is 10.5. The zero-order valence-corrected chi connectivity index (χ0v) is 22.8. The molecule has 6 heterocycles. The number of ether oxygens (including phenoxy) is 2. The third kappa shape index (κ3) is 5.07. The Balaban J connectivity index is 1.09. The van der Waals surface area contributed by atoms with Gasteiger partial charge in [-0.1, -0.05) is 12.2 Å². The molecule has 4 aromatic rings. The molecule has 208 valence electrons. The molecule has 2 aliphatic heterocycles. The Labute approximate surface area is 231 Å². The molecule has 4 aromatic heterocycles. The van der Waals surface area contributed by atoms with Gasteiger partial charge < -0.3 is 40.2 Å². The predicted octanol–water partition coefficient (Wildman–Crippen LogP) is 0.315. The van der Waals surface area contributed by atoms with E-state index in [-0.39, 0.29) is 31.3 Å². The molecule has 0 aliphatic carbocycles. The zero-order valence-electron chi connectivity index (χ0n) is 20.2. The smallest absolute Gasteiger partial charge is 0.244 e. The number of thiol groups is 1. The molecule has 1 unspecified atom stereocenters. The van der Waals surface area contributed by atoms with Crippen molar-refractivity contribution in [3.63, 3.8) is 0 Å². The summed E-state index contributed by atoms with van der Waals surface area (Å²) in [4.78, 5) is 24.8. The summed E-state index contributed by atoms with van der Waals surface area (Å²) in [5, 5.41) is 20.5. The minimum Gasteiger partial charge on any atom is -0.394 e. The van der Waals surface area contributed by atoms with Crippen molar-refractivity contribution in [3.8, 4) is 0 Å². The Morgan fingerprint density at radius 3 is 2.10 bits per heavy atom. The van der Waals surface area contributed by atoms with Crippen molar-refractivity contribution >= 4 is 63.7 Å². The van der Waals surface area contributed by atoms with E-state index in [1.165, 1.54) is 19.0 Å². The van der Waals surface area contributed by atoms with Crippen molar-refractivity contribution in [2.75, 3.05) is 24.7 Å². The van der Waals surface area contributed by atoms with Crippen molar-refractivity contribution in [1.29, 1.82) is 0 Å². The van der Waals surface area contributed by atoms with Crippen molar-refractivity contribution < 1.29 is 28.7 Å². The highest BCUT2D eigenvalue weighted by molar-refractivity contribution is 8.60. The van der Waals surface area contributed by atoms with Crippen LogP contribution in [-0.2, 0) is 30.3 Å². The second-order valence-electron chi connectivity index (χ2n) is 9.05. The van der Waals surface area contributed by atoms with Gasteiger partial charge in [-0.2, -0.15) is 0 Å². The highest BCUT2D eigenvalue weighted by atomic mass is 32.9. The molecule has 0 amide bonds. The number of aliphatic hydroxyl groups excluding tert-OH is 2. The number of hydrogen-bond donors (Lipinski definition) is 5. The standard InChI is InChI=1S/C20H25N10O6PS2/c21-17-15-19(25-5-23-17)29(7-27-15)13-1-9(32)12(35-13)4-33-37(38,39)36-10-2-14(34-11(10)3-31)30-8-28-16-18(22)24-6-26-20(16)30/h5-14,31-32H,1-4H2,(H,38,39)(H2,21,23,25)(H2,22,24,26)/t9-,10-,11+,12+,13+,14+/m0/s1. The number of nitrogens with zero attached hydrogens (tertiary/aromatic N) is 8. The summed E-state index contributed by atoms with van der Waals surface area (Å²) in [6.45, 7) is -0.377. The molecule has 19 heteroatoms. The van der Waals surface area contributed by atoms with Gasteiger partial charge in [-0.05, 0) is 11.8 Å². The molecule has 0 bridgehead atoms. The van der Waals surface area contributed by atoms with Crippen molar-refractivity contribution in [3.05, 3.63) is 25.3 Å². The topological polar surface area (TPSA) is 217 Å². The Morgan fingerprint density at radius 1 is 0.949 bits per heavy atom. The first kappa shape index (κ1) is 26.7. The van der Waals surface area contributed by atoms with Crippen LogP contribution in [0.4, 0.5) is 11.6 Å². The van der Waals surface area contributed by atoms with Crippen LogP contribution in [0.2, 0.25) is 0 Å². The molecule has 39 heavy (non-hydrogen) atoms. The summed E-state index contributed by atoms with van der Waals surface area (Å²) < 4.78 is 27.3. The highest BCUT2D eigenvalue weighted by Gasteiger charge is 2.41. The lowest BCUT2D eigenvalue weighted by Gasteiger charge is -2.25. The Bertz CT molecular complexity index is 1560. The number of aliphatic hydroxyl groups is 2. The average Bonchev–Trinajstić information content (AvgIpc) is 3.68. The third-order valence-electron chi connectivity index (χ3n) is 6.63. The Kier molecular flexibility index (Phi) is 7.15. The van der Waals surface area contributed by atoms with Crippen molar-refractivity contribution in [1.82, 2.24) is 39.0 Å². The number of aromatic nitrogens is 8. The number of fused-ring (bicyclic) bond motifs is 2. The van der Waals surface area contributed by atoms with Crippen LogP contribution in [0, 0.1) is 0 Å². The van der Waals surface area contributed by atoms with Crippen LogP contribution in [0.25, 0.3) is 22.3 Å². The van der Waals surface area contributed by atoms with Crippen molar-refractivity contribution in [2.45, 2.75) is 49.7 Å². The van der Waals surface area contributed by atoms with Gasteiger partial charge in [0.05, 0.1) is 38.1 Å². The fraction of sp³-hybridized carbons (Fsp3) is 0.500. The van der Waals surface area contributed by atoms with E-state index < -0.39 is 42.6 Å². The van der Waals surface area contributed by atoms with Crippen LogP contribution < -0.4 is 11.5 Å². The minimum absolute atomic E-state index is 0.0641. The summed E-state index contributed by atoms with van der Waals surface area (Å²) in [6, 6.07) is 0. The van der Waals surface area contributed by atoms with E-state index in [9.17, 15) is 10.2 Å². The van der Waals surface area contributed by atoms with E-state index in [4.69, 9.17) is 41.8 Å². The van der Waals surface area contributed by atoms with Crippen LogP contribution in [0.5, 0.6) is 0 Å². The van der Waals surface area contributed by atoms with Crippen LogP contribution in [0.3, 0.4) is 0 Å². The molecule has 6 N–H and O–H groups in total. The molecule has 0 spiro atoms. The van der Waals surface area contributed by atoms with E-state index in [1.807, 2.05) is 0 Å². The predicted molar refractivity (Wildman–Crippen MR) is 144 cm³/mol. The third-order valence-corrected chi connectivity index (χ3v) is 8.85. The van der Waals surface area contributed by atoms with Gasteiger partial charge in [0.25, 0.3) is 0 Å². The maximum Gasteiger partial charge on any atom is 0.244 e. The first-order valence-electron chi connectivity index (χ1n) is 11.9. The monoisotopic (exact) mass is 596 g/mol. The van der Waals surface area contributed by atoms with E-state index >= 15 is 0 Å². The molecule has 2 aliphatic rings. The first-order chi connectivity index (χ1) is 18.7. The fourth-order valence-corrected chi connectivity index (χ4v) is 6.75. The van der Waals surface area contributed by atoms with Crippen molar-refractivity contribution in [2.24, 2.45) is 0 Å². The number of nitrogen functional groups attached to an aromatic ring is 2. The molecule has 0 aromatic carbocycles. The number of hydrogen-bond acceptors (Lipinski definition) is 15. The van der Waals surface area contributed by atoms with Gasteiger partial charge in [0.2, 0.25) is 5.69 Å².